The lowest BCUT2D eigenvalue weighted by atomic mass is 9.97. The van der Waals surface area contributed by atoms with E-state index in [1.54, 1.807) is 0 Å². The van der Waals surface area contributed by atoms with Crippen molar-refractivity contribution in [2.45, 2.75) is 19.4 Å². The maximum absolute atomic E-state index is 9.19. The van der Waals surface area contributed by atoms with Crippen LogP contribution in [-0.4, -0.2) is 36.2 Å². The van der Waals surface area contributed by atoms with Crippen LogP contribution in [0.1, 0.15) is 18.4 Å². The molecule has 1 aromatic rings. The summed E-state index contributed by atoms with van der Waals surface area (Å²) in [6.45, 7) is 4.18. The minimum atomic E-state index is 0.330. The number of para-hydroxylation sites is 1. The van der Waals surface area contributed by atoms with E-state index in [1.165, 1.54) is 16.8 Å². The molecular formula is C16H23ClN2O. The number of nitrogens with one attached hydrogen (secondary N) is 1. The molecule has 0 bridgehead atoms. The van der Waals surface area contributed by atoms with Crippen LogP contribution in [0.25, 0.3) is 0 Å². The molecule has 1 fully saturated rings. The average Bonchev–Trinajstić information content (AvgIpc) is 2.50. The molecule has 2 N–H and O–H groups in total. The van der Waals surface area contributed by atoms with Crippen molar-refractivity contribution in [1.29, 1.82) is 0 Å². The molecule has 20 heavy (non-hydrogen) atoms. The number of piperidine rings is 1. The highest BCUT2D eigenvalue weighted by Gasteiger charge is 2.18. The van der Waals surface area contributed by atoms with E-state index in [4.69, 9.17) is 11.6 Å². The van der Waals surface area contributed by atoms with Gasteiger partial charge in [0.05, 0.1) is 0 Å². The molecule has 3 nitrogen and oxygen atoms in total. The fourth-order valence-corrected chi connectivity index (χ4v) is 2.70. The summed E-state index contributed by atoms with van der Waals surface area (Å²) in [5, 5.41) is 12.6. The largest absolute Gasteiger partial charge is 0.396 e. The molecule has 1 aliphatic rings. The number of aliphatic hydroxyl groups excluding tert-OH is 1. The van der Waals surface area contributed by atoms with E-state index in [9.17, 15) is 5.11 Å². The van der Waals surface area contributed by atoms with Crippen molar-refractivity contribution in [3.8, 4) is 0 Å². The van der Waals surface area contributed by atoms with Crippen molar-refractivity contribution in [2.75, 3.05) is 31.6 Å². The number of benzene rings is 1. The van der Waals surface area contributed by atoms with Gasteiger partial charge in [-0.25, -0.2) is 0 Å². The molecule has 110 valence electrons. The van der Waals surface area contributed by atoms with Gasteiger partial charge < -0.3 is 10.4 Å². The molecule has 0 radical (unpaired) electrons. The monoisotopic (exact) mass is 294 g/mol. The molecule has 1 aliphatic heterocycles. The van der Waals surface area contributed by atoms with E-state index in [0.29, 0.717) is 12.5 Å². The molecule has 2 rings (SSSR count). The highest BCUT2D eigenvalue weighted by Crippen LogP contribution is 2.22. The molecule has 0 spiro atoms. The van der Waals surface area contributed by atoms with Crippen LogP contribution in [0.15, 0.2) is 35.9 Å². The third-order valence-electron chi connectivity index (χ3n) is 3.88. The van der Waals surface area contributed by atoms with E-state index >= 15 is 0 Å². The number of nitrogens with zero attached hydrogens (tertiary/aromatic N) is 1. The number of rotatable bonds is 6. The molecule has 0 unspecified atom stereocenters. The highest BCUT2D eigenvalue weighted by molar-refractivity contribution is 6.25. The van der Waals surface area contributed by atoms with Crippen LogP contribution >= 0.6 is 11.6 Å². The summed E-state index contributed by atoms with van der Waals surface area (Å²) < 4.78 is 0. The van der Waals surface area contributed by atoms with E-state index in [-0.39, 0.29) is 0 Å². The molecule has 1 heterocycles. The number of hydrogen-bond acceptors (Lipinski definition) is 3. The Bertz CT molecular complexity index is 428. The van der Waals surface area contributed by atoms with Gasteiger partial charge in [-0.2, -0.15) is 0 Å². The van der Waals surface area contributed by atoms with Crippen LogP contribution in [0.3, 0.4) is 0 Å². The van der Waals surface area contributed by atoms with Crippen LogP contribution in [-0.2, 0) is 6.54 Å². The van der Waals surface area contributed by atoms with Gasteiger partial charge in [0.15, 0.2) is 0 Å². The average molecular weight is 295 g/mol. The first kappa shape index (κ1) is 15.4. The summed E-state index contributed by atoms with van der Waals surface area (Å²) in [7, 11) is 0. The molecule has 0 aromatic heterocycles. The van der Waals surface area contributed by atoms with E-state index in [2.05, 4.69) is 28.4 Å². The van der Waals surface area contributed by atoms with Gasteiger partial charge in [0.2, 0.25) is 0 Å². The van der Waals surface area contributed by atoms with Crippen LogP contribution in [0.5, 0.6) is 0 Å². The smallest absolute Gasteiger partial charge is 0.0460 e. The summed E-state index contributed by atoms with van der Waals surface area (Å²) in [4.78, 5) is 2.46. The fourth-order valence-electron chi connectivity index (χ4n) is 2.61. The van der Waals surface area contributed by atoms with Gasteiger partial charge in [-0.15, -0.1) is 0 Å². The maximum atomic E-state index is 9.19. The van der Waals surface area contributed by atoms with Crippen molar-refractivity contribution in [2.24, 2.45) is 5.92 Å². The molecule has 0 aliphatic carbocycles. The predicted octanol–water partition coefficient (Wildman–Crippen LogP) is 3.06. The van der Waals surface area contributed by atoms with Gasteiger partial charge >= 0.3 is 0 Å². The van der Waals surface area contributed by atoms with Crippen molar-refractivity contribution < 1.29 is 5.11 Å². The minimum Gasteiger partial charge on any atom is -0.396 e. The fraction of sp³-hybridized carbons (Fsp3) is 0.500. The Morgan fingerprint density at radius 1 is 1.30 bits per heavy atom. The summed E-state index contributed by atoms with van der Waals surface area (Å²) in [5.74, 6) is 0.494. The molecular weight excluding hydrogens is 272 g/mol. The number of halogens is 1. The van der Waals surface area contributed by atoms with E-state index in [0.717, 1.165) is 39.0 Å². The first-order chi connectivity index (χ1) is 9.83. The standard InChI is InChI=1S/C16H23ClN2O/c17-8-3-9-18-16-5-2-1-4-15(16)12-19-10-6-14(13-20)7-11-19/h1-5,8,14,18,20H,6-7,9-13H2/b8-3+. The van der Waals surface area contributed by atoms with Gasteiger partial charge in [0, 0.05) is 30.9 Å². The first-order valence-corrected chi connectivity index (χ1v) is 7.67. The molecule has 0 saturated carbocycles. The Morgan fingerprint density at radius 3 is 2.75 bits per heavy atom. The zero-order chi connectivity index (χ0) is 14.2. The second kappa shape index (κ2) is 8.30. The first-order valence-electron chi connectivity index (χ1n) is 7.23. The number of hydrogen-bond donors (Lipinski definition) is 2. The van der Waals surface area contributed by atoms with Crippen LogP contribution in [0, 0.1) is 5.92 Å². The summed E-state index contributed by atoms with van der Waals surface area (Å²) in [5.41, 5.74) is 4.03. The van der Waals surface area contributed by atoms with Crippen molar-refractivity contribution in [3.05, 3.63) is 41.4 Å². The quantitative estimate of drug-likeness (QED) is 0.846. The Balaban J connectivity index is 1.92. The second-order valence-electron chi connectivity index (χ2n) is 5.30. The number of likely N-dealkylation sites (tertiary alicyclic amines) is 1. The normalized spacial score (nSPS) is 17.7. The van der Waals surface area contributed by atoms with Crippen LogP contribution < -0.4 is 5.32 Å². The van der Waals surface area contributed by atoms with Gasteiger partial charge in [0.25, 0.3) is 0 Å². The van der Waals surface area contributed by atoms with Gasteiger partial charge in [-0.1, -0.05) is 35.9 Å². The third kappa shape index (κ3) is 4.51. The lowest BCUT2D eigenvalue weighted by Gasteiger charge is -2.31. The number of anilines is 1. The zero-order valence-corrected chi connectivity index (χ0v) is 12.5. The van der Waals surface area contributed by atoms with Crippen molar-refractivity contribution >= 4 is 17.3 Å². The van der Waals surface area contributed by atoms with Gasteiger partial charge in [-0.05, 0) is 43.5 Å². The molecule has 4 heteroatoms. The third-order valence-corrected chi connectivity index (χ3v) is 4.05. The van der Waals surface area contributed by atoms with Crippen molar-refractivity contribution in [3.63, 3.8) is 0 Å². The van der Waals surface area contributed by atoms with Crippen LogP contribution in [0.2, 0.25) is 0 Å². The SMILES string of the molecule is OCC1CCN(Cc2ccccc2NC/C=C/Cl)CC1. The topological polar surface area (TPSA) is 35.5 Å². The number of aliphatic hydroxyl groups is 1. The van der Waals surface area contributed by atoms with Gasteiger partial charge in [-0.3, -0.25) is 4.90 Å². The summed E-state index contributed by atoms with van der Waals surface area (Å²) in [6.07, 6.45) is 4.09. The predicted molar refractivity (Wildman–Crippen MR) is 85.0 cm³/mol. The Labute approximate surface area is 126 Å². The molecule has 1 aromatic carbocycles. The Hall–Kier alpha value is -1.03. The van der Waals surface area contributed by atoms with E-state index in [1.807, 2.05) is 12.1 Å². The molecule has 0 amide bonds. The summed E-state index contributed by atoms with van der Waals surface area (Å²) >= 11 is 5.54. The van der Waals surface area contributed by atoms with Gasteiger partial charge in [0.1, 0.15) is 0 Å². The summed E-state index contributed by atoms with van der Waals surface area (Å²) in [6, 6.07) is 8.41. The molecule has 1 saturated heterocycles. The van der Waals surface area contributed by atoms with Crippen LogP contribution in [0.4, 0.5) is 5.69 Å². The lowest BCUT2D eigenvalue weighted by molar-refractivity contribution is 0.127. The van der Waals surface area contributed by atoms with E-state index < -0.39 is 0 Å². The Kier molecular flexibility index (Phi) is 6.37. The van der Waals surface area contributed by atoms with Crippen molar-refractivity contribution in [1.82, 2.24) is 4.90 Å². The highest BCUT2D eigenvalue weighted by atomic mass is 35.5. The minimum absolute atomic E-state index is 0.330. The molecule has 0 atom stereocenters. The Morgan fingerprint density at radius 2 is 2.05 bits per heavy atom. The zero-order valence-electron chi connectivity index (χ0n) is 11.8. The second-order valence-corrected chi connectivity index (χ2v) is 5.55. The lowest BCUT2D eigenvalue weighted by Crippen LogP contribution is -2.34. The maximum Gasteiger partial charge on any atom is 0.0460 e.